The van der Waals surface area contributed by atoms with Gasteiger partial charge in [-0.05, 0) is 71.8 Å². The number of carboxylic acid groups (broad SMARTS) is 1. The Bertz CT molecular complexity index is 1960. The Labute approximate surface area is 265 Å². The molecule has 46 heavy (non-hydrogen) atoms. The monoisotopic (exact) mass is 615 g/mol. The fourth-order valence-electron chi connectivity index (χ4n) is 6.12. The van der Waals surface area contributed by atoms with Gasteiger partial charge in [0.2, 0.25) is 5.91 Å². The number of amides is 3. The van der Waals surface area contributed by atoms with Crippen LogP contribution in [0.5, 0.6) is 0 Å². The summed E-state index contributed by atoms with van der Waals surface area (Å²) in [6.07, 6.45) is 2.48. The molecule has 232 valence electrons. The first-order chi connectivity index (χ1) is 22.2. The molecule has 1 aliphatic rings. The number of hydrogen-bond donors (Lipinski definition) is 3. The third kappa shape index (κ3) is 5.84. The molecule has 1 aromatic heterocycles. The van der Waals surface area contributed by atoms with Crippen molar-refractivity contribution in [3.63, 3.8) is 0 Å². The van der Waals surface area contributed by atoms with Gasteiger partial charge in [-0.3, -0.25) is 19.3 Å². The molecule has 1 fully saturated rings. The lowest BCUT2D eigenvalue weighted by molar-refractivity contribution is -0.148. The van der Waals surface area contributed by atoms with Crippen LogP contribution in [0.1, 0.15) is 41.7 Å². The fraction of sp³-hybridized carbons (Fsp3) is 0.194. The lowest BCUT2D eigenvalue weighted by Crippen LogP contribution is -2.54. The Morgan fingerprint density at radius 3 is 2.39 bits per heavy atom. The van der Waals surface area contributed by atoms with E-state index in [1.165, 1.54) is 9.80 Å². The van der Waals surface area contributed by atoms with Gasteiger partial charge in [-0.25, -0.2) is 9.78 Å². The van der Waals surface area contributed by atoms with E-state index in [1.807, 2.05) is 36.4 Å². The van der Waals surface area contributed by atoms with Gasteiger partial charge >= 0.3 is 5.97 Å². The summed E-state index contributed by atoms with van der Waals surface area (Å²) in [5.41, 5.74) is 7.31. The smallest absolute Gasteiger partial charge is 0.326 e. The van der Waals surface area contributed by atoms with Crippen molar-refractivity contribution in [1.29, 1.82) is 0 Å². The van der Waals surface area contributed by atoms with Gasteiger partial charge in [0.1, 0.15) is 23.9 Å². The van der Waals surface area contributed by atoms with Crippen LogP contribution >= 0.6 is 0 Å². The average molecular weight is 616 g/mol. The third-order valence-electron chi connectivity index (χ3n) is 8.53. The molecule has 2 heterocycles. The largest absolute Gasteiger partial charge is 0.480 e. The lowest BCUT2D eigenvalue weighted by Gasteiger charge is -2.35. The van der Waals surface area contributed by atoms with Gasteiger partial charge in [0, 0.05) is 29.4 Å². The number of nitrogens with two attached hydrogens (primary N) is 1. The molecule has 5 aromatic rings. The van der Waals surface area contributed by atoms with Crippen molar-refractivity contribution in [1.82, 2.24) is 15.2 Å². The number of aliphatic carboxylic acids is 1. The van der Waals surface area contributed by atoms with E-state index in [9.17, 15) is 24.3 Å². The molecule has 1 saturated heterocycles. The highest BCUT2D eigenvalue weighted by molar-refractivity contribution is 6.08. The number of carbonyl (C=O) groups is 4. The number of benzene rings is 4. The number of nitrogens with zero attached hydrogens (tertiary/aromatic N) is 3. The molecule has 3 atom stereocenters. The van der Waals surface area contributed by atoms with E-state index in [2.05, 4.69) is 10.3 Å². The standard InChI is InChI=1S/C36H33N5O5/c1-22(34(43)40-19-7-12-30(40)36(45)46)41(28-16-15-23-8-5-6-11-26(23)20-28)35(44)31(25-9-3-2-4-10-25)39-33(42)27-14-13-24-17-18-38-32(37)29(24)21-27/h2-6,8-11,13-18,20-22,30-31H,7,12,19H2,1H3,(H2,37,38)(H,39,42)(H,45,46)/t22-,30-,31-/m1/s1. The van der Waals surface area contributed by atoms with Gasteiger partial charge in [-0.1, -0.05) is 66.7 Å². The van der Waals surface area contributed by atoms with Gasteiger partial charge in [0.25, 0.3) is 11.8 Å². The lowest BCUT2D eigenvalue weighted by atomic mass is 10.0. The zero-order chi connectivity index (χ0) is 32.4. The number of fused-ring (bicyclic) bond motifs is 2. The maximum absolute atomic E-state index is 14.8. The number of aromatic nitrogens is 1. The van der Waals surface area contributed by atoms with Gasteiger partial charge in [-0.15, -0.1) is 0 Å². The highest BCUT2D eigenvalue weighted by atomic mass is 16.4. The minimum atomic E-state index is -1.19. The van der Waals surface area contributed by atoms with E-state index in [0.717, 1.165) is 16.2 Å². The van der Waals surface area contributed by atoms with Crippen LogP contribution in [0.3, 0.4) is 0 Å². The second-order valence-electron chi connectivity index (χ2n) is 11.4. The molecule has 0 spiro atoms. The van der Waals surface area contributed by atoms with Crippen molar-refractivity contribution in [3.8, 4) is 0 Å². The van der Waals surface area contributed by atoms with Crippen LogP contribution in [0, 0.1) is 0 Å². The van der Waals surface area contributed by atoms with Crippen molar-refractivity contribution >= 4 is 56.7 Å². The molecule has 10 nitrogen and oxygen atoms in total. The highest BCUT2D eigenvalue weighted by Gasteiger charge is 2.41. The van der Waals surface area contributed by atoms with Crippen molar-refractivity contribution in [2.45, 2.75) is 37.9 Å². The first-order valence-corrected chi connectivity index (χ1v) is 15.1. The fourth-order valence-corrected chi connectivity index (χ4v) is 6.12. The third-order valence-corrected chi connectivity index (χ3v) is 8.53. The number of hydrogen-bond acceptors (Lipinski definition) is 6. The van der Waals surface area contributed by atoms with Crippen LogP contribution in [0.2, 0.25) is 0 Å². The van der Waals surface area contributed by atoms with Gasteiger partial charge in [0.15, 0.2) is 0 Å². The van der Waals surface area contributed by atoms with Crippen molar-refractivity contribution in [2.24, 2.45) is 0 Å². The SMILES string of the molecule is C[C@H](C(=O)N1CCC[C@@H]1C(=O)O)N(C(=O)[C@H](NC(=O)c1ccc2ccnc(N)c2c1)c1ccccc1)c1ccc2ccccc2c1. The summed E-state index contributed by atoms with van der Waals surface area (Å²) >= 11 is 0. The molecule has 0 saturated carbocycles. The maximum Gasteiger partial charge on any atom is 0.326 e. The number of pyridine rings is 1. The van der Waals surface area contributed by atoms with Crippen LogP contribution in [0.15, 0.2) is 103 Å². The normalized spacial score (nSPS) is 15.8. The van der Waals surface area contributed by atoms with Crippen LogP contribution in [-0.2, 0) is 14.4 Å². The Hall–Kier alpha value is -5.77. The van der Waals surface area contributed by atoms with Crippen LogP contribution in [0.25, 0.3) is 21.5 Å². The maximum atomic E-state index is 14.8. The summed E-state index contributed by atoms with van der Waals surface area (Å²) in [7, 11) is 0. The molecule has 0 radical (unpaired) electrons. The summed E-state index contributed by atoms with van der Waals surface area (Å²) in [6.45, 7) is 1.87. The number of nitrogen functional groups attached to an aromatic ring is 1. The minimum Gasteiger partial charge on any atom is -0.480 e. The van der Waals surface area contributed by atoms with Crippen molar-refractivity contribution in [3.05, 3.63) is 114 Å². The molecule has 0 aliphatic carbocycles. The zero-order valence-electron chi connectivity index (χ0n) is 25.2. The summed E-state index contributed by atoms with van der Waals surface area (Å²) < 4.78 is 0. The van der Waals surface area contributed by atoms with Crippen LogP contribution in [-0.4, -0.2) is 57.3 Å². The number of carboxylic acids is 1. The number of likely N-dealkylation sites (tertiary alicyclic amines) is 1. The summed E-state index contributed by atoms with van der Waals surface area (Å²) in [6, 6.07) is 25.5. The molecule has 0 bridgehead atoms. The number of anilines is 2. The van der Waals surface area contributed by atoms with E-state index >= 15 is 0 Å². The number of carbonyl (C=O) groups excluding carboxylic acids is 3. The topological polar surface area (TPSA) is 146 Å². The van der Waals surface area contributed by atoms with Gasteiger partial charge < -0.3 is 21.1 Å². The molecule has 6 rings (SSSR count). The number of nitrogens with one attached hydrogen (secondary N) is 1. The molecule has 4 N–H and O–H groups in total. The Morgan fingerprint density at radius 2 is 1.63 bits per heavy atom. The summed E-state index contributed by atoms with van der Waals surface area (Å²) in [5, 5.41) is 15.9. The van der Waals surface area contributed by atoms with E-state index < -0.39 is 41.8 Å². The van der Waals surface area contributed by atoms with E-state index in [4.69, 9.17) is 5.73 Å². The molecule has 10 heteroatoms. The molecule has 1 aliphatic heterocycles. The van der Waals surface area contributed by atoms with Gasteiger partial charge in [0.05, 0.1) is 0 Å². The molecular weight excluding hydrogens is 582 g/mol. The number of rotatable bonds is 8. The van der Waals surface area contributed by atoms with Crippen LogP contribution < -0.4 is 16.0 Å². The first-order valence-electron chi connectivity index (χ1n) is 15.1. The summed E-state index contributed by atoms with van der Waals surface area (Å²) in [5.74, 6) is -2.36. The van der Waals surface area contributed by atoms with E-state index in [0.29, 0.717) is 29.5 Å². The second kappa shape index (κ2) is 12.7. The Balaban J connectivity index is 1.41. The summed E-state index contributed by atoms with van der Waals surface area (Å²) in [4.78, 5) is 61.3. The molecular formula is C36H33N5O5. The molecule has 0 unspecified atom stereocenters. The van der Waals surface area contributed by atoms with E-state index in [-0.39, 0.29) is 17.9 Å². The minimum absolute atomic E-state index is 0.276. The quantitative estimate of drug-likeness (QED) is 0.224. The van der Waals surface area contributed by atoms with Crippen molar-refractivity contribution in [2.75, 3.05) is 17.2 Å². The first kappa shape index (κ1) is 30.3. The zero-order valence-corrected chi connectivity index (χ0v) is 25.2. The second-order valence-corrected chi connectivity index (χ2v) is 11.4. The van der Waals surface area contributed by atoms with Crippen LogP contribution in [0.4, 0.5) is 11.5 Å². The molecule has 4 aromatic carbocycles. The predicted octanol–water partition coefficient (Wildman–Crippen LogP) is 4.94. The van der Waals surface area contributed by atoms with Crippen molar-refractivity contribution < 1.29 is 24.3 Å². The Kier molecular flexibility index (Phi) is 8.35. The van der Waals surface area contributed by atoms with E-state index in [1.54, 1.807) is 73.8 Å². The molecule has 3 amide bonds. The van der Waals surface area contributed by atoms with Gasteiger partial charge in [-0.2, -0.15) is 0 Å². The average Bonchev–Trinajstić information content (AvgIpc) is 3.58. The predicted molar refractivity (Wildman–Crippen MR) is 176 cm³/mol. The highest BCUT2D eigenvalue weighted by Crippen LogP contribution is 2.30. The Morgan fingerprint density at radius 1 is 0.913 bits per heavy atom.